The fourth-order valence-corrected chi connectivity index (χ4v) is 3.20. The average molecular weight is 372 g/mol. The first-order valence-electron chi connectivity index (χ1n) is 9.31. The van der Waals surface area contributed by atoms with Crippen LogP contribution in [0, 0.1) is 0 Å². The molecule has 1 saturated heterocycles. The molecular weight excluding hydrogens is 348 g/mol. The molecule has 2 fully saturated rings. The van der Waals surface area contributed by atoms with Crippen molar-refractivity contribution in [1.29, 1.82) is 0 Å². The number of methoxy groups -OCH3 is 1. The molecule has 2 aromatic rings. The van der Waals surface area contributed by atoms with Crippen LogP contribution in [0.2, 0.25) is 0 Å². The summed E-state index contributed by atoms with van der Waals surface area (Å²) in [6.07, 6.45) is 3.56. The Morgan fingerprint density at radius 3 is 2.70 bits per heavy atom. The summed E-state index contributed by atoms with van der Waals surface area (Å²) >= 11 is 0. The van der Waals surface area contributed by atoms with Gasteiger partial charge in [0, 0.05) is 18.7 Å². The van der Waals surface area contributed by atoms with Crippen LogP contribution in [0.1, 0.15) is 43.3 Å². The summed E-state index contributed by atoms with van der Waals surface area (Å²) in [6.45, 7) is 1.79. The first kappa shape index (κ1) is 17.9. The summed E-state index contributed by atoms with van der Waals surface area (Å²) in [5.41, 5.74) is -0.0592. The van der Waals surface area contributed by atoms with Crippen LogP contribution in [0.25, 0.3) is 0 Å². The molecule has 1 aliphatic heterocycles. The molecule has 27 heavy (non-hydrogen) atoms. The standard InChI is InChI=1S/C19H24N4O4/c1-25-19(8-10-20-11-9-19)18(24)21-14-4-6-15(7-5-14)26-12-16-22-17(27-23-16)13-2-3-13/h4-7,13,20H,2-3,8-12H2,1H3,(H,21,24). The van der Waals surface area contributed by atoms with Gasteiger partial charge in [-0.1, -0.05) is 5.16 Å². The fourth-order valence-electron chi connectivity index (χ4n) is 3.20. The highest BCUT2D eigenvalue weighted by molar-refractivity contribution is 5.97. The maximum absolute atomic E-state index is 12.7. The highest BCUT2D eigenvalue weighted by Crippen LogP contribution is 2.38. The van der Waals surface area contributed by atoms with E-state index < -0.39 is 5.60 Å². The van der Waals surface area contributed by atoms with Crippen molar-refractivity contribution in [3.63, 3.8) is 0 Å². The first-order valence-corrected chi connectivity index (χ1v) is 9.31. The van der Waals surface area contributed by atoms with Gasteiger partial charge in [0.05, 0.1) is 0 Å². The molecule has 2 heterocycles. The van der Waals surface area contributed by atoms with Crippen LogP contribution in [0.3, 0.4) is 0 Å². The van der Waals surface area contributed by atoms with Crippen LogP contribution in [-0.4, -0.2) is 41.8 Å². The van der Waals surface area contributed by atoms with E-state index in [9.17, 15) is 4.79 Å². The number of hydrogen-bond donors (Lipinski definition) is 2. The second kappa shape index (κ2) is 7.66. The fraction of sp³-hybridized carbons (Fsp3) is 0.526. The van der Waals surface area contributed by atoms with Crippen LogP contribution in [0.4, 0.5) is 5.69 Å². The molecule has 2 aliphatic rings. The quantitative estimate of drug-likeness (QED) is 0.769. The van der Waals surface area contributed by atoms with Gasteiger partial charge in [0.2, 0.25) is 11.7 Å². The maximum Gasteiger partial charge on any atom is 0.256 e. The number of ether oxygens (including phenoxy) is 2. The molecule has 1 aliphatic carbocycles. The van der Waals surface area contributed by atoms with E-state index in [1.807, 2.05) is 12.1 Å². The molecule has 1 amide bonds. The highest BCUT2D eigenvalue weighted by atomic mass is 16.5. The number of carbonyl (C=O) groups is 1. The number of nitrogens with one attached hydrogen (secondary N) is 2. The largest absolute Gasteiger partial charge is 0.485 e. The molecule has 8 heteroatoms. The summed E-state index contributed by atoms with van der Waals surface area (Å²) in [7, 11) is 1.59. The Hall–Kier alpha value is -2.45. The van der Waals surface area contributed by atoms with Crippen molar-refractivity contribution < 1.29 is 18.8 Å². The van der Waals surface area contributed by atoms with E-state index in [2.05, 4.69) is 20.8 Å². The normalized spacial score (nSPS) is 18.9. The second-order valence-corrected chi connectivity index (χ2v) is 7.04. The highest BCUT2D eigenvalue weighted by Gasteiger charge is 2.39. The third-order valence-electron chi connectivity index (χ3n) is 5.11. The van der Waals surface area contributed by atoms with Crippen LogP contribution in [-0.2, 0) is 16.1 Å². The van der Waals surface area contributed by atoms with Crippen LogP contribution in [0.15, 0.2) is 28.8 Å². The Labute approximate surface area is 157 Å². The third-order valence-corrected chi connectivity index (χ3v) is 5.11. The van der Waals surface area contributed by atoms with Gasteiger partial charge in [0.25, 0.3) is 5.91 Å². The molecule has 4 rings (SSSR count). The molecule has 0 bridgehead atoms. The van der Waals surface area contributed by atoms with Gasteiger partial charge < -0.3 is 24.6 Å². The average Bonchev–Trinajstić information content (AvgIpc) is 3.46. The minimum Gasteiger partial charge on any atom is -0.485 e. The minimum atomic E-state index is -0.766. The number of rotatable bonds is 7. The van der Waals surface area contributed by atoms with E-state index in [0.717, 1.165) is 25.9 Å². The van der Waals surface area contributed by atoms with Crippen molar-refractivity contribution in [2.24, 2.45) is 0 Å². The lowest BCUT2D eigenvalue weighted by atomic mass is 9.91. The predicted octanol–water partition coefficient (Wildman–Crippen LogP) is 2.23. The van der Waals surface area contributed by atoms with Crippen molar-refractivity contribution >= 4 is 11.6 Å². The molecule has 1 saturated carbocycles. The summed E-state index contributed by atoms with van der Waals surface area (Å²) in [4.78, 5) is 17.0. The molecule has 2 N–H and O–H groups in total. The molecule has 0 unspecified atom stereocenters. The first-order chi connectivity index (χ1) is 13.2. The van der Waals surface area contributed by atoms with E-state index in [4.69, 9.17) is 14.0 Å². The number of carbonyl (C=O) groups excluding carboxylic acids is 1. The summed E-state index contributed by atoms with van der Waals surface area (Å²) < 4.78 is 16.5. The Bertz CT molecular complexity index is 779. The van der Waals surface area contributed by atoms with Crippen LogP contribution < -0.4 is 15.4 Å². The van der Waals surface area contributed by atoms with Crippen molar-refractivity contribution in [3.8, 4) is 5.75 Å². The van der Waals surface area contributed by atoms with Gasteiger partial charge in [-0.05, 0) is 63.0 Å². The van der Waals surface area contributed by atoms with Gasteiger partial charge in [-0.25, -0.2) is 0 Å². The number of aromatic nitrogens is 2. The zero-order chi connectivity index (χ0) is 18.7. The molecule has 1 aromatic heterocycles. The number of hydrogen-bond acceptors (Lipinski definition) is 7. The monoisotopic (exact) mass is 372 g/mol. The van der Waals surface area contributed by atoms with E-state index in [1.165, 1.54) is 0 Å². The van der Waals surface area contributed by atoms with Crippen molar-refractivity contribution in [2.45, 2.75) is 43.8 Å². The lowest BCUT2D eigenvalue weighted by Crippen LogP contribution is -2.51. The Morgan fingerprint density at radius 2 is 2.04 bits per heavy atom. The summed E-state index contributed by atoms with van der Waals surface area (Å²) in [6, 6.07) is 7.23. The Kier molecular flexibility index (Phi) is 5.09. The van der Waals surface area contributed by atoms with E-state index in [-0.39, 0.29) is 12.5 Å². The number of amides is 1. The van der Waals surface area contributed by atoms with E-state index >= 15 is 0 Å². The Balaban J connectivity index is 1.32. The molecule has 8 nitrogen and oxygen atoms in total. The molecule has 0 spiro atoms. The van der Waals surface area contributed by atoms with Gasteiger partial charge in [-0.3, -0.25) is 4.79 Å². The Morgan fingerprint density at radius 1 is 1.30 bits per heavy atom. The topological polar surface area (TPSA) is 98.5 Å². The second-order valence-electron chi connectivity index (χ2n) is 7.04. The van der Waals surface area contributed by atoms with E-state index in [1.54, 1.807) is 19.2 Å². The van der Waals surface area contributed by atoms with Gasteiger partial charge >= 0.3 is 0 Å². The number of benzene rings is 1. The lowest BCUT2D eigenvalue weighted by molar-refractivity contribution is -0.140. The molecule has 1 aromatic carbocycles. The van der Waals surface area contributed by atoms with Crippen LogP contribution >= 0.6 is 0 Å². The number of nitrogens with zero attached hydrogens (tertiary/aromatic N) is 2. The van der Waals surface area contributed by atoms with Gasteiger partial charge in [-0.15, -0.1) is 0 Å². The van der Waals surface area contributed by atoms with Crippen molar-refractivity contribution in [3.05, 3.63) is 36.0 Å². The van der Waals surface area contributed by atoms with Crippen molar-refractivity contribution in [1.82, 2.24) is 15.5 Å². The number of anilines is 1. The molecule has 0 radical (unpaired) electrons. The molecule has 144 valence electrons. The van der Waals surface area contributed by atoms with E-state index in [0.29, 0.717) is 41.9 Å². The lowest BCUT2D eigenvalue weighted by Gasteiger charge is -2.34. The SMILES string of the molecule is COC1(C(=O)Nc2ccc(OCc3noc(C4CC4)n3)cc2)CCNCC1. The smallest absolute Gasteiger partial charge is 0.256 e. The predicted molar refractivity (Wildman–Crippen MR) is 97.5 cm³/mol. The van der Waals surface area contributed by atoms with Crippen LogP contribution in [0.5, 0.6) is 5.75 Å². The van der Waals surface area contributed by atoms with Gasteiger partial charge in [0.15, 0.2) is 6.61 Å². The summed E-state index contributed by atoms with van der Waals surface area (Å²) in [5, 5.41) is 10.1. The third kappa shape index (κ3) is 4.12. The minimum absolute atomic E-state index is 0.112. The molecule has 0 atom stereocenters. The van der Waals surface area contributed by atoms with Crippen molar-refractivity contribution in [2.75, 3.05) is 25.5 Å². The van der Waals surface area contributed by atoms with Gasteiger partial charge in [-0.2, -0.15) is 4.98 Å². The molecular formula is C19H24N4O4. The zero-order valence-corrected chi connectivity index (χ0v) is 15.4. The van der Waals surface area contributed by atoms with Gasteiger partial charge in [0.1, 0.15) is 11.4 Å². The maximum atomic E-state index is 12.7. The zero-order valence-electron chi connectivity index (χ0n) is 15.4. The summed E-state index contributed by atoms with van der Waals surface area (Å²) in [5.74, 6) is 2.25. The number of piperidine rings is 1.